The van der Waals surface area contributed by atoms with E-state index in [1.807, 2.05) is 23.5 Å². The van der Waals surface area contributed by atoms with Gasteiger partial charge in [0.05, 0.1) is 0 Å². The van der Waals surface area contributed by atoms with Gasteiger partial charge in [-0.1, -0.05) is 17.7 Å². The molecule has 1 aliphatic heterocycles. The van der Waals surface area contributed by atoms with Crippen LogP contribution in [-0.4, -0.2) is 28.6 Å². The molecule has 1 saturated heterocycles. The molecule has 1 nitrogen and oxygen atoms in total. The molecule has 0 saturated carbocycles. The fourth-order valence-electron chi connectivity index (χ4n) is 1.83. The Bertz CT molecular complexity index is 383. The minimum absolute atomic E-state index is 0.0171. The summed E-state index contributed by atoms with van der Waals surface area (Å²) in [5, 5.41) is 0.867. The Kier molecular flexibility index (Phi) is 5.03. The molecule has 2 N–H and O–H groups in total. The number of thioether (sulfide) groups is 2. The number of rotatable bonds is 3. The summed E-state index contributed by atoms with van der Waals surface area (Å²) in [5.74, 6) is 3.16. The first-order valence-corrected chi connectivity index (χ1v) is 8.14. The molecular weight excluding hydrogens is 277 g/mol. The normalized spacial score (nSPS) is 22.4. The van der Waals surface area contributed by atoms with Crippen molar-refractivity contribution in [1.29, 1.82) is 0 Å². The first kappa shape index (κ1) is 13.5. The highest BCUT2D eigenvalue weighted by Crippen LogP contribution is 2.27. The molecule has 2 unspecified atom stereocenters. The van der Waals surface area contributed by atoms with Crippen LogP contribution in [0.3, 0.4) is 0 Å². The van der Waals surface area contributed by atoms with Crippen LogP contribution in [0.15, 0.2) is 18.2 Å². The van der Waals surface area contributed by atoms with Crippen LogP contribution in [0.5, 0.6) is 0 Å². The molecule has 0 aromatic heterocycles. The second-order valence-electron chi connectivity index (χ2n) is 4.09. The Morgan fingerprint density at radius 3 is 2.94 bits per heavy atom. The van der Waals surface area contributed by atoms with Gasteiger partial charge < -0.3 is 5.73 Å². The van der Waals surface area contributed by atoms with Gasteiger partial charge in [-0.25, -0.2) is 4.39 Å². The van der Waals surface area contributed by atoms with E-state index in [1.165, 1.54) is 11.8 Å². The van der Waals surface area contributed by atoms with Crippen molar-refractivity contribution >= 4 is 35.1 Å². The van der Waals surface area contributed by atoms with Crippen LogP contribution in [0.2, 0.25) is 5.02 Å². The molecule has 94 valence electrons. The van der Waals surface area contributed by atoms with Crippen molar-refractivity contribution in [3.63, 3.8) is 0 Å². The third-order valence-corrected chi connectivity index (χ3v) is 5.97. The predicted molar refractivity (Wildman–Crippen MR) is 76.7 cm³/mol. The van der Waals surface area contributed by atoms with E-state index >= 15 is 0 Å². The molecule has 1 aliphatic rings. The van der Waals surface area contributed by atoms with Crippen molar-refractivity contribution in [2.45, 2.75) is 17.7 Å². The van der Waals surface area contributed by atoms with Crippen molar-refractivity contribution in [3.8, 4) is 0 Å². The van der Waals surface area contributed by atoms with E-state index < -0.39 is 0 Å². The van der Waals surface area contributed by atoms with Crippen molar-refractivity contribution < 1.29 is 4.39 Å². The van der Waals surface area contributed by atoms with Crippen molar-refractivity contribution in [2.24, 2.45) is 5.73 Å². The summed E-state index contributed by atoms with van der Waals surface area (Å²) in [6, 6.07) is 4.82. The molecule has 0 aliphatic carbocycles. The Balaban J connectivity index is 1.99. The largest absolute Gasteiger partial charge is 0.326 e. The van der Waals surface area contributed by atoms with E-state index in [0.717, 1.165) is 11.5 Å². The molecule has 0 bridgehead atoms. The molecular formula is C12H15ClFNS2. The van der Waals surface area contributed by atoms with E-state index in [2.05, 4.69) is 0 Å². The lowest BCUT2D eigenvalue weighted by Gasteiger charge is -2.26. The van der Waals surface area contributed by atoms with Gasteiger partial charge in [-0.05, 0) is 24.1 Å². The fraction of sp³-hybridized carbons (Fsp3) is 0.500. The third kappa shape index (κ3) is 3.78. The van der Waals surface area contributed by atoms with Crippen molar-refractivity contribution in [1.82, 2.24) is 0 Å². The summed E-state index contributed by atoms with van der Waals surface area (Å²) in [4.78, 5) is 0. The van der Waals surface area contributed by atoms with Crippen molar-refractivity contribution in [2.75, 3.05) is 17.3 Å². The monoisotopic (exact) mass is 291 g/mol. The molecule has 0 spiro atoms. The van der Waals surface area contributed by atoms with Gasteiger partial charge in [0, 0.05) is 33.6 Å². The van der Waals surface area contributed by atoms with E-state index in [1.54, 1.807) is 12.1 Å². The Hall–Kier alpha value is 0.1000. The SMILES string of the molecule is NC(Cc1ccc(Cl)cc1F)C1CSCCS1. The van der Waals surface area contributed by atoms with Crippen LogP contribution in [-0.2, 0) is 6.42 Å². The molecule has 17 heavy (non-hydrogen) atoms. The zero-order valence-electron chi connectivity index (χ0n) is 9.36. The maximum atomic E-state index is 13.6. The highest BCUT2D eigenvalue weighted by molar-refractivity contribution is 8.06. The molecule has 1 aromatic carbocycles. The quantitative estimate of drug-likeness (QED) is 0.926. The molecule has 1 fully saturated rings. The first-order chi connectivity index (χ1) is 8.16. The fourth-order valence-corrected chi connectivity index (χ4v) is 4.81. The summed E-state index contributed by atoms with van der Waals surface area (Å²) < 4.78 is 13.6. The molecule has 1 aromatic rings. The zero-order valence-corrected chi connectivity index (χ0v) is 11.8. The summed E-state index contributed by atoms with van der Waals surface area (Å²) in [6.45, 7) is 0. The summed E-state index contributed by atoms with van der Waals surface area (Å²) >= 11 is 9.56. The van der Waals surface area contributed by atoms with E-state index in [9.17, 15) is 4.39 Å². The standard InChI is InChI=1S/C12H15ClFNS2/c13-9-2-1-8(10(14)6-9)5-11(15)12-7-16-3-4-17-12/h1-2,6,11-12H,3-5,7,15H2. The number of hydrogen-bond acceptors (Lipinski definition) is 3. The van der Waals surface area contributed by atoms with Gasteiger partial charge in [0.1, 0.15) is 5.82 Å². The maximum absolute atomic E-state index is 13.6. The van der Waals surface area contributed by atoms with Crippen LogP contribution >= 0.6 is 35.1 Å². The topological polar surface area (TPSA) is 26.0 Å². The molecule has 0 radical (unpaired) electrons. The second kappa shape index (κ2) is 6.32. The predicted octanol–water partition coefficient (Wildman–Crippen LogP) is 3.20. The average Bonchev–Trinajstić information content (AvgIpc) is 2.34. The summed E-state index contributed by atoms with van der Waals surface area (Å²) in [6.07, 6.45) is 0.585. The third-order valence-electron chi connectivity index (χ3n) is 2.79. The Labute approximate surface area is 115 Å². The smallest absolute Gasteiger partial charge is 0.127 e. The lowest BCUT2D eigenvalue weighted by molar-refractivity contribution is 0.584. The van der Waals surface area contributed by atoms with E-state index in [4.69, 9.17) is 17.3 Å². The van der Waals surface area contributed by atoms with Crippen molar-refractivity contribution in [3.05, 3.63) is 34.6 Å². The van der Waals surface area contributed by atoms with Crippen LogP contribution in [0.25, 0.3) is 0 Å². The van der Waals surface area contributed by atoms with Crippen LogP contribution in [0.4, 0.5) is 4.39 Å². The number of benzene rings is 1. The Morgan fingerprint density at radius 2 is 2.29 bits per heavy atom. The molecule has 2 atom stereocenters. The lowest BCUT2D eigenvalue weighted by Crippen LogP contribution is -2.38. The summed E-state index contributed by atoms with van der Waals surface area (Å²) in [7, 11) is 0. The molecule has 1 heterocycles. The minimum atomic E-state index is -0.249. The summed E-state index contributed by atoms with van der Waals surface area (Å²) in [5.41, 5.74) is 6.82. The highest BCUT2D eigenvalue weighted by atomic mass is 35.5. The average molecular weight is 292 g/mol. The number of hydrogen-bond donors (Lipinski definition) is 1. The van der Waals surface area contributed by atoms with Gasteiger partial charge in [-0.2, -0.15) is 23.5 Å². The highest BCUT2D eigenvalue weighted by Gasteiger charge is 2.22. The van der Waals surface area contributed by atoms with E-state index in [-0.39, 0.29) is 11.9 Å². The van der Waals surface area contributed by atoms with E-state index in [0.29, 0.717) is 22.3 Å². The van der Waals surface area contributed by atoms with Gasteiger partial charge in [0.25, 0.3) is 0 Å². The lowest BCUT2D eigenvalue weighted by atomic mass is 10.0. The van der Waals surface area contributed by atoms with Gasteiger partial charge in [-0.3, -0.25) is 0 Å². The van der Waals surface area contributed by atoms with Gasteiger partial charge in [0.15, 0.2) is 0 Å². The van der Waals surface area contributed by atoms with Gasteiger partial charge >= 0.3 is 0 Å². The minimum Gasteiger partial charge on any atom is -0.326 e. The second-order valence-corrected chi connectivity index (χ2v) is 7.02. The van der Waals surface area contributed by atoms with Crippen LogP contribution < -0.4 is 5.73 Å². The van der Waals surface area contributed by atoms with Gasteiger partial charge in [0.2, 0.25) is 0 Å². The first-order valence-electron chi connectivity index (χ1n) is 5.55. The zero-order chi connectivity index (χ0) is 12.3. The number of nitrogens with two attached hydrogens (primary N) is 1. The molecule has 2 rings (SSSR count). The van der Waals surface area contributed by atoms with Crippen LogP contribution in [0.1, 0.15) is 5.56 Å². The Morgan fingerprint density at radius 1 is 1.47 bits per heavy atom. The maximum Gasteiger partial charge on any atom is 0.127 e. The van der Waals surface area contributed by atoms with Crippen LogP contribution in [0, 0.1) is 5.82 Å². The molecule has 5 heteroatoms. The number of halogens is 2. The molecule has 0 amide bonds. The van der Waals surface area contributed by atoms with Gasteiger partial charge in [-0.15, -0.1) is 0 Å².